The molecule has 3 aromatic rings. The van der Waals surface area contributed by atoms with Gasteiger partial charge in [0.2, 0.25) is 11.8 Å². The van der Waals surface area contributed by atoms with Gasteiger partial charge in [-0.25, -0.2) is 4.68 Å². The Morgan fingerprint density at radius 1 is 1.08 bits per heavy atom. The first-order chi connectivity index (χ1) is 18.6. The van der Waals surface area contributed by atoms with E-state index in [9.17, 15) is 9.59 Å². The van der Waals surface area contributed by atoms with Gasteiger partial charge in [-0.1, -0.05) is 30.2 Å². The molecule has 2 amide bonds. The van der Waals surface area contributed by atoms with E-state index < -0.39 is 6.04 Å². The fourth-order valence-electron chi connectivity index (χ4n) is 5.42. The Morgan fingerprint density at radius 2 is 1.82 bits per heavy atom. The minimum absolute atomic E-state index is 0.0540. The predicted molar refractivity (Wildman–Crippen MR) is 141 cm³/mol. The third kappa shape index (κ3) is 5.75. The Kier molecular flexibility index (Phi) is 8.07. The second-order valence-corrected chi connectivity index (χ2v) is 9.96. The van der Waals surface area contributed by atoms with Crippen LogP contribution in [0.4, 0.5) is 0 Å². The molecule has 2 fully saturated rings. The van der Waals surface area contributed by atoms with Crippen molar-refractivity contribution in [3.63, 3.8) is 0 Å². The van der Waals surface area contributed by atoms with Crippen molar-refractivity contribution in [1.82, 2.24) is 25.2 Å². The topological polar surface area (TPSA) is 108 Å². The molecule has 10 nitrogen and oxygen atoms in total. The lowest BCUT2D eigenvalue weighted by atomic mass is 10.0. The second-order valence-electron chi connectivity index (χ2n) is 9.96. The number of nitrogens with one attached hydrogen (secondary N) is 1. The number of fused-ring (bicyclic) bond motifs is 1. The fourth-order valence-corrected chi connectivity index (χ4v) is 5.42. The third-order valence-electron chi connectivity index (χ3n) is 7.40. The average molecular weight is 522 g/mol. The van der Waals surface area contributed by atoms with Crippen molar-refractivity contribution in [3.8, 4) is 11.5 Å². The number of carbonyl (C=O) groups excluding carboxylic acids is 2. The van der Waals surface area contributed by atoms with Gasteiger partial charge in [-0.05, 0) is 55.5 Å². The Bertz CT molecular complexity index is 1240. The summed E-state index contributed by atoms with van der Waals surface area (Å²) in [5, 5.41) is 11.6. The molecule has 38 heavy (non-hydrogen) atoms. The lowest BCUT2D eigenvalue weighted by molar-refractivity contribution is -0.143. The molecular formula is C28H35N5O5. The summed E-state index contributed by atoms with van der Waals surface area (Å²) in [4.78, 5) is 29.6. The minimum atomic E-state index is -0.897. The van der Waals surface area contributed by atoms with Crippen molar-refractivity contribution >= 4 is 22.8 Å². The molecule has 1 aliphatic carbocycles. The molecule has 2 heterocycles. The number of nitrogens with zero attached hydrogens (tertiary/aromatic N) is 4. The first-order valence-corrected chi connectivity index (χ1v) is 13.3. The highest BCUT2D eigenvalue weighted by Gasteiger charge is 2.36. The normalized spacial score (nSPS) is 18.4. The smallest absolute Gasteiger partial charge is 0.247 e. The highest BCUT2D eigenvalue weighted by molar-refractivity contribution is 5.89. The maximum absolute atomic E-state index is 14.0. The van der Waals surface area contributed by atoms with Gasteiger partial charge in [-0.2, -0.15) is 0 Å². The van der Waals surface area contributed by atoms with E-state index in [0.29, 0.717) is 29.2 Å². The Morgan fingerprint density at radius 3 is 2.50 bits per heavy atom. The van der Waals surface area contributed by atoms with E-state index in [0.717, 1.165) is 44.0 Å². The van der Waals surface area contributed by atoms with E-state index >= 15 is 0 Å². The second kappa shape index (κ2) is 11.8. The van der Waals surface area contributed by atoms with Crippen molar-refractivity contribution in [2.45, 2.75) is 63.3 Å². The van der Waals surface area contributed by atoms with Crippen molar-refractivity contribution in [2.24, 2.45) is 0 Å². The van der Waals surface area contributed by atoms with E-state index in [4.69, 9.17) is 14.2 Å². The summed E-state index contributed by atoms with van der Waals surface area (Å²) in [6.07, 6.45) is 5.64. The van der Waals surface area contributed by atoms with E-state index in [-0.39, 0.29) is 37.0 Å². The van der Waals surface area contributed by atoms with Crippen LogP contribution in [0.1, 0.15) is 50.1 Å². The number of carbonyl (C=O) groups is 2. The molecule has 1 saturated heterocycles. The first kappa shape index (κ1) is 26.0. The molecular weight excluding hydrogens is 486 g/mol. The fraction of sp³-hybridized carbons (Fsp3) is 0.500. The van der Waals surface area contributed by atoms with E-state index in [1.807, 2.05) is 24.3 Å². The Hall–Kier alpha value is -3.66. The molecule has 1 aromatic heterocycles. The predicted octanol–water partition coefficient (Wildman–Crippen LogP) is 3.26. The Labute approximate surface area is 222 Å². The lowest BCUT2D eigenvalue weighted by Crippen LogP contribution is -2.49. The first-order valence-electron chi connectivity index (χ1n) is 13.3. The van der Waals surface area contributed by atoms with E-state index in [1.165, 1.54) is 0 Å². The molecule has 2 aromatic carbocycles. The van der Waals surface area contributed by atoms with E-state index in [1.54, 1.807) is 42.0 Å². The number of aromatic nitrogens is 3. The molecule has 202 valence electrons. The maximum Gasteiger partial charge on any atom is 0.247 e. The van der Waals surface area contributed by atoms with Crippen LogP contribution >= 0.6 is 0 Å². The molecule has 1 aliphatic heterocycles. The van der Waals surface area contributed by atoms with Crippen LogP contribution in [0.5, 0.6) is 11.5 Å². The monoisotopic (exact) mass is 521 g/mol. The molecule has 2 atom stereocenters. The summed E-state index contributed by atoms with van der Waals surface area (Å²) in [6.45, 7) is 0.877. The molecule has 2 aliphatic rings. The van der Waals surface area contributed by atoms with Crippen molar-refractivity contribution in [2.75, 3.05) is 27.4 Å². The molecule has 0 bridgehead atoms. The van der Waals surface area contributed by atoms with Crippen molar-refractivity contribution in [3.05, 3.63) is 48.0 Å². The zero-order valence-electron chi connectivity index (χ0n) is 22.0. The van der Waals surface area contributed by atoms with Gasteiger partial charge in [0, 0.05) is 25.3 Å². The number of hydrogen-bond acceptors (Lipinski definition) is 7. The number of amides is 2. The van der Waals surface area contributed by atoms with Gasteiger partial charge in [-0.3, -0.25) is 9.59 Å². The zero-order chi connectivity index (χ0) is 26.5. The molecule has 10 heteroatoms. The summed E-state index contributed by atoms with van der Waals surface area (Å²) < 4.78 is 18.5. The standard InChI is InChI=1S/C28H35N5O5/c1-36-22-14-19(15-23(16-22)37-2)27(28(35)29-20-8-3-4-9-20)32(17-21-10-7-13-38-21)26(34)18-33-25-12-6-5-11-24(25)30-31-33/h5-6,11-12,14-16,20-21,27H,3-4,7-10,13,17-18H2,1-2H3,(H,29,35)/t21-,27-/m1/s1. The van der Waals surface area contributed by atoms with Crippen molar-refractivity contribution in [1.29, 1.82) is 0 Å². The van der Waals surface area contributed by atoms with Crippen LogP contribution in [0.2, 0.25) is 0 Å². The summed E-state index contributed by atoms with van der Waals surface area (Å²) in [5.74, 6) is 0.626. The SMILES string of the molecule is COc1cc(OC)cc([C@H](C(=O)NC2CCCC2)N(C[C@H]2CCCO2)C(=O)Cn2nnc3ccccc32)c1. The maximum atomic E-state index is 14.0. The largest absolute Gasteiger partial charge is 0.497 e. The molecule has 0 spiro atoms. The average Bonchev–Trinajstić information content (AvgIpc) is 3.71. The van der Waals surface area contributed by atoms with Gasteiger partial charge in [0.25, 0.3) is 0 Å². The van der Waals surface area contributed by atoms with Gasteiger partial charge in [0.1, 0.15) is 29.6 Å². The summed E-state index contributed by atoms with van der Waals surface area (Å²) in [5.41, 5.74) is 2.08. The van der Waals surface area contributed by atoms with Crippen LogP contribution in [0.25, 0.3) is 11.0 Å². The Balaban J connectivity index is 1.53. The molecule has 0 unspecified atom stereocenters. The number of para-hydroxylation sites is 1. The van der Waals surface area contributed by atoms with Gasteiger partial charge < -0.3 is 24.4 Å². The minimum Gasteiger partial charge on any atom is -0.497 e. The van der Waals surface area contributed by atoms with Crippen LogP contribution < -0.4 is 14.8 Å². The highest BCUT2D eigenvalue weighted by atomic mass is 16.5. The highest BCUT2D eigenvalue weighted by Crippen LogP contribution is 2.32. The number of benzene rings is 2. The van der Waals surface area contributed by atoms with Crippen LogP contribution in [0, 0.1) is 0 Å². The van der Waals surface area contributed by atoms with Crippen LogP contribution in [0.3, 0.4) is 0 Å². The molecule has 0 radical (unpaired) electrons. The molecule has 1 saturated carbocycles. The number of rotatable bonds is 10. The third-order valence-corrected chi connectivity index (χ3v) is 7.40. The van der Waals surface area contributed by atoms with E-state index in [2.05, 4.69) is 15.6 Å². The summed E-state index contributed by atoms with van der Waals surface area (Å²) >= 11 is 0. The summed E-state index contributed by atoms with van der Waals surface area (Å²) in [6, 6.07) is 12.0. The van der Waals surface area contributed by atoms with Crippen molar-refractivity contribution < 1.29 is 23.8 Å². The van der Waals surface area contributed by atoms with Crippen LogP contribution in [-0.2, 0) is 20.9 Å². The summed E-state index contributed by atoms with van der Waals surface area (Å²) in [7, 11) is 3.13. The quantitative estimate of drug-likeness (QED) is 0.436. The number of hydrogen-bond donors (Lipinski definition) is 1. The number of methoxy groups -OCH3 is 2. The van der Waals surface area contributed by atoms with Gasteiger partial charge in [-0.15, -0.1) is 5.10 Å². The van der Waals surface area contributed by atoms with Gasteiger partial charge in [0.15, 0.2) is 0 Å². The molecule has 5 rings (SSSR count). The van der Waals surface area contributed by atoms with Crippen LogP contribution in [0.15, 0.2) is 42.5 Å². The lowest BCUT2D eigenvalue weighted by Gasteiger charge is -2.34. The number of ether oxygens (including phenoxy) is 3. The van der Waals surface area contributed by atoms with Gasteiger partial charge >= 0.3 is 0 Å². The zero-order valence-corrected chi connectivity index (χ0v) is 22.0. The van der Waals surface area contributed by atoms with Gasteiger partial charge in [0.05, 0.1) is 25.8 Å². The molecule has 1 N–H and O–H groups in total. The van der Waals surface area contributed by atoms with Crippen LogP contribution in [-0.4, -0.2) is 71.2 Å².